The molecule has 1 unspecified atom stereocenters. The quantitative estimate of drug-likeness (QED) is 0.795. The maximum atomic E-state index is 11.2. The number of hydrogen-bond acceptors (Lipinski definition) is 4. The van der Waals surface area contributed by atoms with Crippen LogP contribution in [-0.4, -0.2) is 25.7 Å². The fourth-order valence-electron chi connectivity index (χ4n) is 1.49. The molecular formula is C10H11N5OS. The summed E-state index contributed by atoms with van der Waals surface area (Å²) in [5.41, 5.74) is 6.05. The number of hydrogen-bond donors (Lipinski definition) is 2. The van der Waals surface area contributed by atoms with Crippen LogP contribution in [0.2, 0.25) is 0 Å². The molecule has 0 fully saturated rings. The number of nitrogens with zero attached hydrogens (tertiary/aromatic N) is 3. The van der Waals surface area contributed by atoms with Crippen LogP contribution in [0.3, 0.4) is 0 Å². The highest BCUT2D eigenvalue weighted by Crippen LogP contribution is 2.19. The molecule has 17 heavy (non-hydrogen) atoms. The molecule has 3 N–H and O–H groups in total. The molecule has 0 radical (unpaired) electrons. The van der Waals surface area contributed by atoms with Gasteiger partial charge in [-0.05, 0) is 31.3 Å². The van der Waals surface area contributed by atoms with Gasteiger partial charge in [0.25, 0.3) is 0 Å². The van der Waals surface area contributed by atoms with Gasteiger partial charge in [-0.15, -0.1) is 0 Å². The zero-order valence-electron chi connectivity index (χ0n) is 9.12. The van der Waals surface area contributed by atoms with Gasteiger partial charge in [-0.2, -0.15) is 5.10 Å². The van der Waals surface area contributed by atoms with Gasteiger partial charge in [0.1, 0.15) is 6.04 Å². The zero-order chi connectivity index (χ0) is 12.4. The van der Waals surface area contributed by atoms with E-state index in [9.17, 15) is 4.79 Å². The molecule has 0 aliphatic carbocycles. The number of aromatic nitrogens is 4. The highest BCUT2D eigenvalue weighted by atomic mass is 32.1. The minimum atomic E-state index is -0.559. The maximum Gasteiger partial charge on any atom is 0.240 e. The number of primary amides is 1. The third-order valence-electron chi connectivity index (χ3n) is 2.42. The van der Waals surface area contributed by atoms with Crippen molar-refractivity contribution in [2.45, 2.75) is 13.0 Å². The minimum absolute atomic E-state index is 0.357. The standard InChI is InChI=1S/C10H11N5OS/c1-6(8(11)16)15-9(13-14-10(15)17)7-3-2-4-12-5-7/h2-6H,1H3,(H2,11,16)(H,14,17). The number of pyridine rings is 1. The van der Waals surface area contributed by atoms with Gasteiger partial charge in [0.2, 0.25) is 5.91 Å². The van der Waals surface area contributed by atoms with Crippen LogP contribution in [0.15, 0.2) is 24.5 Å². The van der Waals surface area contributed by atoms with Gasteiger partial charge >= 0.3 is 0 Å². The largest absolute Gasteiger partial charge is 0.368 e. The average molecular weight is 249 g/mol. The molecule has 0 aliphatic heterocycles. The molecule has 2 aromatic heterocycles. The number of H-pyrrole nitrogens is 1. The summed E-state index contributed by atoms with van der Waals surface area (Å²) >= 11 is 5.09. The number of aromatic amines is 1. The molecule has 2 aromatic rings. The summed E-state index contributed by atoms with van der Waals surface area (Å²) < 4.78 is 1.93. The maximum absolute atomic E-state index is 11.2. The van der Waals surface area contributed by atoms with Gasteiger partial charge in [0.05, 0.1) is 0 Å². The lowest BCUT2D eigenvalue weighted by Crippen LogP contribution is -2.24. The van der Waals surface area contributed by atoms with Crippen LogP contribution in [0, 0.1) is 4.77 Å². The topological polar surface area (TPSA) is 89.6 Å². The zero-order valence-corrected chi connectivity index (χ0v) is 9.94. The summed E-state index contributed by atoms with van der Waals surface area (Å²) in [5.74, 6) is 0.0852. The smallest absolute Gasteiger partial charge is 0.240 e. The fraction of sp³-hybridized carbons (Fsp3) is 0.200. The van der Waals surface area contributed by atoms with E-state index in [1.807, 2.05) is 6.07 Å². The Balaban J connectivity index is 2.58. The number of amides is 1. The van der Waals surface area contributed by atoms with Crippen LogP contribution in [0.1, 0.15) is 13.0 Å². The van der Waals surface area contributed by atoms with E-state index < -0.39 is 11.9 Å². The van der Waals surface area contributed by atoms with E-state index in [4.69, 9.17) is 18.0 Å². The van der Waals surface area contributed by atoms with Crippen molar-refractivity contribution in [3.05, 3.63) is 29.3 Å². The first-order valence-electron chi connectivity index (χ1n) is 4.98. The van der Waals surface area contributed by atoms with Crippen molar-refractivity contribution in [1.29, 1.82) is 0 Å². The minimum Gasteiger partial charge on any atom is -0.368 e. The SMILES string of the molecule is CC(C(N)=O)n1c(-c2cccnc2)n[nH]c1=S. The van der Waals surface area contributed by atoms with Gasteiger partial charge in [0, 0.05) is 18.0 Å². The number of rotatable bonds is 3. The molecule has 0 bridgehead atoms. The first kappa shape index (κ1) is 11.5. The molecule has 88 valence electrons. The van der Waals surface area contributed by atoms with Gasteiger partial charge in [-0.3, -0.25) is 19.4 Å². The first-order valence-corrected chi connectivity index (χ1v) is 5.38. The number of carbonyl (C=O) groups is 1. The lowest BCUT2D eigenvalue weighted by molar-refractivity contribution is -0.120. The van der Waals surface area contributed by atoms with Crippen molar-refractivity contribution in [2.75, 3.05) is 0 Å². The van der Waals surface area contributed by atoms with Gasteiger partial charge in [0.15, 0.2) is 10.6 Å². The highest BCUT2D eigenvalue weighted by Gasteiger charge is 2.18. The molecule has 0 saturated carbocycles. The van der Waals surface area contributed by atoms with Crippen molar-refractivity contribution in [3.8, 4) is 11.4 Å². The summed E-state index contributed by atoms with van der Waals surface area (Å²) in [5, 5.41) is 6.74. The lowest BCUT2D eigenvalue weighted by Gasteiger charge is -2.11. The molecule has 7 heteroatoms. The molecular weight excluding hydrogens is 238 g/mol. The Morgan fingerprint density at radius 3 is 3.00 bits per heavy atom. The second kappa shape index (κ2) is 4.46. The molecule has 0 spiro atoms. The van der Waals surface area contributed by atoms with E-state index in [1.54, 1.807) is 30.0 Å². The summed E-state index contributed by atoms with van der Waals surface area (Å²) in [4.78, 5) is 15.2. The van der Waals surface area contributed by atoms with E-state index in [2.05, 4.69) is 15.2 Å². The first-order chi connectivity index (χ1) is 8.11. The van der Waals surface area contributed by atoms with E-state index in [-0.39, 0.29) is 0 Å². The van der Waals surface area contributed by atoms with Crippen molar-refractivity contribution < 1.29 is 4.79 Å². The number of nitrogens with one attached hydrogen (secondary N) is 1. The highest BCUT2D eigenvalue weighted by molar-refractivity contribution is 7.71. The Kier molecular flexibility index (Phi) is 3.01. The van der Waals surface area contributed by atoms with E-state index in [1.165, 1.54) is 0 Å². The second-order valence-electron chi connectivity index (χ2n) is 3.54. The Labute approximate surface area is 102 Å². The molecule has 2 heterocycles. The van der Waals surface area contributed by atoms with E-state index in [0.29, 0.717) is 10.6 Å². The number of carbonyl (C=O) groups excluding carboxylic acids is 1. The Morgan fingerprint density at radius 2 is 2.41 bits per heavy atom. The third-order valence-corrected chi connectivity index (χ3v) is 2.71. The van der Waals surface area contributed by atoms with Crippen molar-refractivity contribution in [3.63, 3.8) is 0 Å². The molecule has 1 atom stereocenters. The van der Waals surface area contributed by atoms with Crippen LogP contribution in [0.25, 0.3) is 11.4 Å². The van der Waals surface area contributed by atoms with E-state index in [0.717, 1.165) is 5.56 Å². The molecule has 1 amide bonds. The Hall–Kier alpha value is -2.02. The van der Waals surface area contributed by atoms with Gasteiger partial charge in [-0.25, -0.2) is 0 Å². The van der Waals surface area contributed by atoms with Gasteiger partial charge in [-0.1, -0.05) is 0 Å². The van der Waals surface area contributed by atoms with Crippen LogP contribution >= 0.6 is 12.2 Å². The predicted molar refractivity (Wildman–Crippen MR) is 64.5 cm³/mol. The van der Waals surface area contributed by atoms with Crippen LogP contribution in [0.5, 0.6) is 0 Å². The summed E-state index contributed by atoms with van der Waals surface area (Å²) in [7, 11) is 0. The van der Waals surface area contributed by atoms with Crippen molar-refractivity contribution >= 4 is 18.1 Å². The summed E-state index contributed by atoms with van der Waals surface area (Å²) in [6, 6.07) is 3.06. The molecule has 0 saturated heterocycles. The van der Waals surface area contributed by atoms with Crippen molar-refractivity contribution in [1.82, 2.24) is 19.7 Å². The molecule has 0 aliphatic rings. The number of nitrogens with two attached hydrogens (primary N) is 1. The second-order valence-corrected chi connectivity index (χ2v) is 3.93. The summed E-state index contributed by atoms with van der Waals surface area (Å²) in [6.07, 6.45) is 3.31. The normalized spacial score (nSPS) is 12.3. The molecule has 0 aromatic carbocycles. The monoisotopic (exact) mass is 249 g/mol. The third kappa shape index (κ3) is 2.09. The van der Waals surface area contributed by atoms with Crippen LogP contribution < -0.4 is 5.73 Å². The Bertz CT molecular complexity index is 588. The van der Waals surface area contributed by atoms with Crippen LogP contribution in [-0.2, 0) is 4.79 Å². The van der Waals surface area contributed by atoms with Gasteiger partial charge < -0.3 is 5.73 Å². The Morgan fingerprint density at radius 1 is 1.65 bits per heavy atom. The fourth-order valence-corrected chi connectivity index (χ4v) is 1.78. The van der Waals surface area contributed by atoms with Crippen molar-refractivity contribution in [2.24, 2.45) is 5.73 Å². The molecule has 2 rings (SSSR count). The predicted octanol–water partition coefficient (Wildman–Crippen LogP) is 1.05. The average Bonchev–Trinajstić information content (AvgIpc) is 2.71. The lowest BCUT2D eigenvalue weighted by atomic mass is 10.2. The summed E-state index contributed by atoms with van der Waals surface area (Å²) in [6.45, 7) is 1.67. The van der Waals surface area contributed by atoms with Crippen LogP contribution in [0.4, 0.5) is 0 Å². The molecule has 6 nitrogen and oxygen atoms in total. The van der Waals surface area contributed by atoms with E-state index >= 15 is 0 Å².